The molecule has 0 aromatic rings. The summed E-state index contributed by atoms with van der Waals surface area (Å²) in [6.45, 7) is 7.25. The lowest BCUT2D eigenvalue weighted by Gasteiger charge is -2.68. The fourth-order valence-electron chi connectivity index (χ4n) is 9.15. The number of aliphatic hydroxyl groups is 4. The van der Waals surface area contributed by atoms with Gasteiger partial charge in [0.15, 0.2) is 5.78 Å². The van der Waals surface area contributed by atoms with Gasteiger partial charge < -0.3 is 20.4 Å². The summed E-state index contributed by atoms with van der Waals surface area (Å²) < 4.78 is 38.5. The van der Waals surface area contributed by atoms with Gasteiger partial charge in [-0.3, -0.25) is 9.35 Å². The lowest BCUT2D eigenvalue weighted by Crippen LogP contribution is -2.77. The Morgan fingerprint density at radius 2 is 1.81 bits per heavy atom. The normalized spacial score (nSPS) is 49.8. The first kappa shape index (κ1) is 28.1. The highest BCUT2D eigenvalue weighted by atomic mass is 32.3. The molecule has 0 saturated heterocycles. The Kier molecular flexibility index (Phi) is 7.11. The molecule has 4 rings (SSSR count). The number of aliphatic hydroxyl groups excluding tert-OH is 2. The summed E-state index contributed by atoms with van der Waals surface area (Å²) in [5.74, 6) is -1.17. The number of ketones is 1. The summed E-state index contributed by atoms with van der Waals surface area (Å²) in [7, 11) is -4.95. The van der Waals surface area contributed by atoms with Gasteiger partial charge in [-0.2, -0.15) is 8.42 Å². The van der Waals surface area contributed by atoms with Crippen LogP contribution in [0.15, 0.2) is 12.2 Å². The molecule has 0 bridgehead atoms. The minimum atomic E-state index is -4.95. The van der Waals surface area contributed by atoms with Crippen molar-refractivity contribution in [2.75, 3.05) is 0 Å². The zero-order valence-electron chi connectivity index (χ0n) is 21.6. The first-order valence-corrected chi connectivity index (χ1v) is 14.5. The van der Waals surface area contributed by atoms with Crippen molar-refractivity contribution in [3.63, 3.8) is 0 Å². The minimum Gasteiger partial charge on any atom is -0.393 e. The average molecular weight is 531 g/mol. The number of carbonyl (C=O) groups is 1. The molecule has 0 amide bonds. The van der Waals surface area contributed by atoms with E-state index < -0.39 is 56.7 Å². The summed E-state index contributed by atoms with van der Waals surface area (Å²) in [5, 5.41) is 46.6. The predicted octanol–water partition coefficient (Wildman–Crippen LogP) is 2.18. The van der Waals surface area contributed by atoms with Crippen LogP contribution in [0.5, 0.6) is 0 Å². The van der Waals surface area contributed by atoms with Gasteiger partial charge in [-0.25, -0.2) is 4.18 Å². The van der Waals surface area contributed by atoms with Crippen molar-refractivity contribution in [2.24, 2.45) is 34.5 Å². The second-order valence-corrected chi connectivity index (χ2v) is 13.6. The molecule has 0 spiro atoms. The number of hydrogen-bond donors (Lipinski definition) is 5. The Morgan fingerprint density at radius 1 is 1.14 bits per heavy atom. The third kappa shape index (κ3) is 4.12. The van der Waals surface area contributed by atoms with E-state index in [0.29, 0.717) is 38.5 Å². The standard InChI is InChI=1S/C26H42O9S/c1-15(6-5-7-16(2)27)18-13-22(35-36(32,33)34)26(31)24(18,4)11-9-21-23(3)10-8-17(28)12-19(23)20(29)14-25(21,26)30/h5,7,15,17-22,28-31H,6,8-14H2,1-4H3,(H,32,33,34)/b7-5+/t15-,17+,18-,19-,20+,21-,22+,23+,24-,25+,26+/m1/s1. The van der Waals surface area contributed by atoms with Crippen LogP contribution in [0.4, 0.5) is 0 Å². The second kappa shape index (κ2) is 9.10. The van der Waals surface area contributed by atoms with E-state index in [9.17, 15) is 38.2 Å². The topological polar surface area (TPSA) is 162 Å². The third-order valence-corrected chi connectivity index (χ3v) is 11.2. The Balaban J connectivity index is 1.79. The lowest BCUT2D eigenvalue weighted by molar-refractivity contribution is -0.328. The Hall–Kier alpha value is -0.880. The summed E-state index contributed by atoms with van der Waals surface area (Å²) in [6.07, 6.45) is 3.28. The van der Waals surface area contributed by atoms with Crippen LogP contribution in [0, 0.1) is 34.5 Å². The maximum atomic E-state index is 12.6. The Morgan fingerprint density at radius 3 is 2.42 bits per heavy atom. The zero-order chi connectivity index (χ0) is 26.9. The smallest absolute Gasteiger partial charge is 0.393 e. The number of carbonyl (C=O) groups excluding carboxylic acids is 1. The van der Waals surface area contributed by atoms with E-state index in [1.165, 1.54) is 13.0 Å². The van der Waals surface area contributed by atoms with Crippen LogP contribution < -0.4 is 0 Å². The molecule has 0 aromatic heterocycles. The van der Waals surface area contributed by atoms with Crippen LogP contribution in [0.3, 0.4) is 0 Å². The number of fused-ring (bicyclic) bond motifs is 5. The van der Waals surface area contributed by atoms with Crippen LogP contribution in [0.1, 0.15) is 79.1 Å². The Labute approximate surface area is 213 Å². The van der Waals surface area contributed by atoms with Crippen molar-refractivity contribution in [1.82, 2.24) is 0 Å². The molecule has 206 valence electrons. The number of allylic oxidation sites excluding steroid dienone is 2. The number of rotatable bonds is 6. The van der Waals surface area contributed by atoms with Crippen molar-refractivity contribution >= 4 is 16.2 Å². The lowest BCUT2D eigenvalue weighted by atomic mass is 9.40. The van der Waals surface area contributed by atoms with E-state index in [1.54, 1.807) is 6.08 Å². The van der Waals surface area contributed by atoms with Crippen molar-refractivity contribution in [3.05, 3.63) is 12.2 Å². The molecule has 4 aliphatic rings. The second-order valence-electron chi connectivity index (χ2n) is 12.6. The van der Waals surface area contributed by atoms with E-state index >= 15 is 0 Å². The monoisotopic (exact) mass is 530 g/mol. The van der Waals surface area contributed by atoms with Gasteiger partial charge in [0.1, 0.15) is 17.3 Å². The van der Waals surface area contributed by atoms with Gasteiger partial charge in [0.2, 0.25) is 0 Å². The van der Waals surface area contributed by atoms with Gasteiger partial charge in [-0.1, -0.05) is 26.8 Å². The first-order chi connectivity index (χ1) is 16.5. The van der Waals surface area contributed by atoms with Crippen LogP contribution in [-0.2, 0) is 19.4 Å². The molecule has 0 aliphatic heterocycles. The van der Waals surface area contributed by atoms with E-state index in [-0.39, 0.29) is 36.4 Å². The van der Waals surface area contributed by atoms with Gasteiger partial charge in [0.25, 0.3) is 0 Å². The van der Waals surface area contributed by atoms with Crippen LogP contribution in [0.25, 0.3) is 0 Å². The molecule has 10 heteroatoms. The molecule has 0 unspecified atom stereocenters. The molecule has 9 nitrogen and oxygen atoms in total. The van der Waals surface area contributed by atoms with E-state index in [1.807, 2.05) is 20.8 Å². The van der Waals surface area contributed by atoms with Gasteiger partial charge in [-0.05, 0) is 87.0 Å². The SMILES string of the molecule is CC(=O)/C=C/C[C@@H](C)[C@H]1C[C@H](OS(=O)(=O)O)[C@]2(O)[C@]1(C)CC[C@@H]1[C@@]3(C)CC[C@H](O)C[C@@H]3[C@@H](O)C[C@]12O. The van der Waals surface area contributed by atoms with Crippen LogP contribution in [0.2, 0.25) is 0 Å². The van der Waals surface area contributed by atoms with Crippen molar-refractivity contribution in [2.45, 2.75) is 109 Å². The Bertz CT molecular complexity index is 1010. The van der Waals surface area contributed by atoms with E-state index in [2.05, 4.69) is 0 Å². The molecule has 5 N–H and O–H groups in total. The molecule has 0 heterocycles. The highest BCUT2D eigenvalue weighted by Crippen LogP contribution is 2.71. The van der Waals surface area contributed by atoms with Crippen molar-refractivity contribution in [3.8, 4) is 0 Å². The molecule has 0 radical (unpaired) electrons. The predicted molar refractivity (Wildman–Crippen MR) is 131 cm³/mol. The van der Waals surface area contributed by atoms with Crippen LogP contribution in [-0.4, -0.2) is 68.7 Å². The van der Waals surface area contributed by atoms with Crippen molar-refractivity contribution in [1.29, 1.82) is 0 Å². The molecule has 0 aromatic carbocycles. The van der Waals surface area contributed by atoms with Crippen molar-refractivity contribution < 1.29 is 42.4 Å². The summed E-state index contributed by atoms with van der Waals surface area (Å²) in [4.78, 5) is 11.4. The largest absolute Gasteiger partial charge is 0.397 e. The van der Waals surface area contributed by atoms with Gasteiger partial charge in [-0.15, -0.1) is 0 Å². The molecular formula is C26H42O9S. The molecule has 4 saturated carbocycles. The van der Waals surface area contributed by atoms with Crippen LogP contribution >= 0.6 is 0 Å². The quantitative estimate of drug-likeness (QED) is 0.256. The maximum absolute atomic E-state index is 12.6. The zero-order valence-corrected chi connectivity index (χ0v) is 22.4. The molecule has 4 aliphatic carbocycles. The summed E-state index contributed by atoms with van der Waals surface area (Å²) in [5.41, 5.74) is -5.48. The molecule has 36 heavy (non-hydrogen) atoms. The molecule has 11 atom stereocenters. The highest BCUT2D eigenvalue weighted by molar-refractivity contribution is 7.80. The van der Waals surface area contributed by atoms with E-state index in [4.69, 9.17) is 4.18 Å². The van der Waals surface area contributed by atoms with Gasteiger partial charge >= 0.3 is 10.4 Å². The highest BCUT2D eigenvalue weighted by Gasteiger charge is 2.79. The number of hydrogen-bond acceptors (Lipinski definition) is 8. The summed E-state index contributed by atoms with van der Waals surface area (Å²) in [6, 6.07) is 0. The fourth-order valence-corrected chi connectivity index (χ4v) is 9.66. The summed E-state index contributed by atoms with van der Waals surface area (Å²) >= 11 is 0. The van der Waals surface area contributed by atoms with Gasteiger partial charge in [0.05, 0.1) is 12.2 Å². The van der Waals surface area contributed by atoms with Gasteiger partial charge in [0, 0.05) is 11.8 Å². The minimum absolute atomic E-state index is 0.0877. The average Bonchev–Trinajstić information content (AvgIpc) is 2.97. The molecule has 4 fully saturated rings. The van der Waals surface area contributed by atoms with E-state index in [0.717, 1.165) is 0 Å². The molecular weight excluding hydrogens is 488 g/mol. The fraction of sp³-hybridized carbons (Fsp3) is 0.885. The maximum Gasteiger partial charge on any atom is 0.397 e. The third-order valence-electron chi connectivity index (χ3n) is 10.8. The first-order valence-electron chi connectivity index (χ1n) is 13.1.